The van der Waals surface area contributed by atoms with Crippen LogP contribution in [0.1, 0.15) is 18.7 Å². The van der Waals surface area contributed by atoms with Crippen molar-refractivity contribution >= 4 is 10.9 Å². The predicted octanol–water partition coefficient (Wildman–Crippen LogP) is 2.72. The van der Waals surface area contributed by atoms with Gasteiger partial charge in [0.25, 0.3) is 0 Å². The van der Waals surface area contributed by atoms with Crippen molar-refractivity contribution in [3.05, 3.63) is 36.2 Å². The van der Waals surface area contributed by atoms with E-state index in [-0.39, 0.29) is 18.3 Å². The van der Waals surface area contributed by atoms with Gasteiger partial charge in [-0.2, -0.15) is 4.98 Å². The summed E-state index contributed by atoms with van der Waals surface area (Å²) in [5.41, 5.74) is 2.11. The number of hydrogen-bond acceptors (Lipinski definition) is 5. The summed E-state index contributed by atoms with van der Waals surface area (Å²) < 4.78 is 19.2. The Hall–Kier alpha value is -2.18. The van der Waals surface area contributed by atoms with Crippen molar-refractivity contribution in [1.29, 1.82) is 0 Å². The molecule has 0 spiro atoms. The van der Waals surface area contributed by atoms with Gasteiger partial charge in [-0.1, -0.05) is 23.4 Å². The van der Waals surface area contributed by atoms with Gasteiger partial charge >= 0.3 is 0 Å². The maximum Gasteiger partial charge on any atom is 0.229 e. The van der Waals surface area contributed by atoms with Crippen molar-refractivity contribution in [3.8, 4) is 11.5 Å². The minimum absolute atomic E-state index is 0.112. The topological polar surface area (TPSA) is 62.3 Å². The number of benzene rings is 1. The average molecular weight is 325 g/mol. The van der Waals surface area contributed by atoms with E-state index < -0.39 is 0 Å². The summed E-state index contributed by atoms with van der Waals surface area (Å²) in [5.74, 6) is 1.25. The summed E-state index contributed by atoms with van der Waals surface area (Å²) in [6.45, 7) is 0.813. The van der Waals surface area contributed by atoms with E-state index in [2.05, 4.69) is 32.9 Å². The minimum Gasteiger partial charge on any atom is -0.375 e. The lowest BCUT2D eigenvalue weighted by Crippen LogP contribution is -2.14. The van der Waals surface area contributed by atoms with E-state index in [1.54, 1.807) is 0 Å². The number of rotatable bonds is 3. The highest BCUT2D eigenvalue weighted by atomic mass is 16.6. The van der Waals surface area contributed by atoms with E-state index >= 15 is 0 Å². The zero-order chi connectivity index (χ0) is 16.1. The lowest BCUT2D eigenvalue weighted by molar-refractivity contribution is 0.0359. The normalized spacial score (nSPS) is 26.3. The molecule has 124 valence electrons. The standard InChI is InChI=1S/C18H19N3O3/c1-21-13-5-3-2-4-11(13)8-14(21)18-19-17(24-20-18)10-12-9-16-15(23-12)6-7-22-16/h2-5,8,12,15-16H,6-7,9-10H2,1H3. The molecule has 0 amide bonds. The second-order valence-electron chi connectivity index (χ2n) is 6.59. The van der Waals surface area contributed by atoms with Crippen LogP contribution in [0.4, 0.5) is 0 Å². The van der Waals surface area contributed by atoms with E-state index in [9.17, 15) is 0 Å². The molecule has 2 aromatic heterocycles. The van der Waals surface area contributed by atoms with E-state index in [4.69, 9.17) is 14.0 Å². The third kappa shape index (κ3) is 2.25. The van der Waals surface area contributed by atoms with Crippen LogP contribution in [0.2, 0.25) is 0 Å². The van der Waals surface area contributed by atoms with E-state index in [0.717, 1.165) is 30.7 Å². The fraction of sp³-hybridized carbons (Fsp3) is 0.444. The number of para-hydroxylation sites is 1. The summed E-state index contributed by atoms with van der Waals surface area (Å²) in [5, 5.41) is 5.33. The Kier molecular flexibility index (Phi) is 3.21. The van der Waals surface area contributed by atoms with Crippen LogP contribution in [-0.2, 0) is 22.9 Å². The summed E-state index contributed by atoms with van der Waals surface area (Å²) in [6.07, 6.45) is 3.16. The smallest absolute Gasteiger partial charge is 0.229 e. The number of hydrogen-bond donors (Lipinski definition) is 0. The summed E-state index contributed by atoms with van der Waals surface area (Å²) >= 11 is 0. The van der Waals surface area contributed by atoms with Crippen LogP contribution in [-0.4, -0.2) is 39.6 Å². The van der Waals surface area contributed by atoms with Gasteiger partial charge in [0.15, 0.2) is 0 Å². The first-order valence-electron chi connectivity index (χ1n) is 8.42. The molecule has 3 aromatic rings. The summed E-state index contributed by atoms with van der Waals surface area (Å²) in [4.78, 5) is 4.57. The Morgan fingerprint density at radius 2 is 2.17 bits per heavy atom. The number of fused-ring (bicyclic) bond motifs is 2. The molecular formula is C18H19N3O3. The summed E-state index contributed by atoms with van der Waals surface area (Å²) in [6, 6.07) is 10.3. The molecule has 4 heterocycles. The van der Waals surface area contributed by atoms with Gasteiger partial charge in [0, 0.05) is 31.0 Å². The monoisotopic (exact) mass is 325 g/mol. The van der Waals surface area contributed by atoms with Crippen molar-refractivity contribution in [2.75, 3.05) is 6.61 Å². The molecule has 0 radical (unpaired) electrons. The summed E-state index contributed by atoms with van der Waals surface area (Å²) in [7, 11) is 2.02. The van der Waals surface area contributed by atoms with E-state index in [0.29, 0.717) is 18.1 Å². The van der Waals surface area contributed by atoms with Crippen LogP contribution in [0.25, 0.3) is 22.4 Å². The Bertz CT molecular complexity index is 873. The highest BCUT2D eigenvalue weighted by molar-refractivity contribution is 5.85. The minimum atomic E-state index is 0.112. The SMILES string of the molecule is Cn1c(-c2noc(CC3CC4OCCC4O3)n2)cc2ccccc21. The fourth-order valence-corrected chi connectivity index (χ4v) is 3.84. The molecule has 24 heavy (non-hydrogen) atoms. The van der Waals surface area contributed by atoms with Gasteiger partial charge < -0.3 is 18.6 Å². The molecule has 2 aliphatic rings. The molecule has 1 aromatic carbocycles. The molecular weight excluding hydrogens is 306 g/mol. The molecule has 3 atom stereocenters. The molecule has 6 heteroatoms. The molecule has 0 bridgehead atoms. The number of aromatic nitrogens is 3. The van der Waals surface area contributed by atoms with Crippen LogP contribution in [0, 0.1) is 0 Å². The molecule has 2 aliphatic heterocycles. The largest absolute Gasteiger partial charge is 0.375 e. The van der Waals surface area contributed by atoms with E-state index in [1.807, 2.05) is 19.2 Å². The maximum atomic E-state index is 6.02. The van der Waals surface area contributed by atoms with Gasteiger partial charge in [-0.25, -0.2) is 0 Å². The molecule has 2 fully saturated rings. The fourth-order valence-electron chi connectivity index (χ4n) is 3.84. The first-order valence-corrected chi connectivity index (χ1v) is 8.42. The molecule has 0 saturated carbocycles. The van der Waals surface area contributed by atoms with Crippen molar-refractivity contribution < 1.29 is 14.0 Å². The van der Waals surface area contributed by atoms with Gasteiger partial charge in [-0.3, -0.25) is 0 Å². The van der Waals surface area contributed by atoms with Crippen LogP contribution in [0.5, 0.6) is 0 Å². The van der Waals surface area contributed by atoms with Gasteiger partial charge in [0.05, 0.1) is 30.4 Å². The zero-order valence-electron chi connectivity index (χ0n) is 13.5. The molecule has 0 aliphatic carbocycles. The third-order valence-electron chi connectivity index (χ3n) is 5.06. The van der Waals surface area contributed by atoms with Crippen molar-refractivity contribution in [3.63, 3.8) is 0 Å². The Morgan fingerprint density at radius 1 is 1.25 bits per heavy atom. The number of ether oxygens (including phenoxy) is 2. The lowest BCUT2D eigenvalue weighted by atomic mass is 10.1. The molecule has 2 saturated heterocycles. The van der Waals surface area contributed by atoms with Gasteiger partial charge in [0.1, 0.15) is 0 Å². The van der Waals surface area contributed by atoms with Crippen molar-refractivity contribution in [2.24, 2.45) is 7.05 Å². The Balaban J connectivity index is 1.38. The first kappa shape index (κ1) is 14.2. The Labute approximate surface area is 139 Å². The predicted molar refractivity (Wildman–Crippen MR) is 87.6 cm³/mol. The van der Waals surface area contributed by atoms with Crippen LogP contribution < -0.4 is 0 Å². The average Bonchev–Trinajstić information content (AvgIpc) is 3.32. The molecule has 3 unspecified atom stereocenters. The molecule has 6 nitrogen and oxygen atoms in total. The van der Waals surface area contributed by atoms with Crippen LogP contribution >= 0.6 is 0 Å². The van der Waals surface area contributed by atoms with Gasteiger partial charge in [0.2, 0.25) is 11.7 Å². The third-order valence-corrected chi connectivity index (χ3v) is 5.06. The first-order chi connectivity index (χ1) is 11.8. The Morgan fingerprint density at radius 3 is 3.04 bits per heavy atom. The van der Waals surface area contributed by atoms with Gasteiger partial charge in [-0.15, -0.1) is 0 Å². The van der Waals surface area contributed by atoms with Crippen LogP contribution in [0.15, 0.2) is 34.9 Å². The van der Waals surface area contributed by atoms with Crippen molar-refractivity contribution in [2.45, 2.75) is 37.6 Å². The highest BCUT2D eigenvalue weighted by Gasteiger charge is 2.40. The quantitative estimate of drug-likeness (QED) is 0.741. The number of nitrogens with zero attached hydrogens (tertiary/aromatic N) is 3. The maximum absolute atomic E-state index is 6.02. The second kappa shape index (κ2) is 5.43. The van der Waals surface area contributed by atoms with Gasteiger partial charge in [-0.05, 0) is 18.6 Å². The molecule has 5 rings (SSSR count). The highest BCUT2D eigenvalue weighted by Crippen LogP contribution is 2.32. The lowest BCUT2D eigenvalue weighted by Gasteiger charge is -2.08. The zero-order valence-corrected chi connectivity index (χ0v) is 13.5. The van der Waals surface area contributed by atoms with E-state index in [1.165, 1.54) is 5.39 Å². The van der Waals surface area contributed by atoms with Crippen molar-refractivity contribution in [1.82, 2.24) is 14.7 Å². The van der Waals surface area contributed by atoms with Crippen LogP contribution in [0.3, 0.4) is 0 Å². The molecule has 0 N–H and O–H groups in total. The number of aryl methyl sites for hydroxylation is 1. The second-order valence-corrected chi connectivity index (χ2v) is 6.59.